The third-order valence-electron chi connectivity index (χ3n) is 0. The molecule has 0 nitrogen and oxygen atoms in total. The monoisotopic (exact) mass is 366 g/mol. The molecule has 0 amide bonds. The molecule has 0 heterocycles. The average Bonchev–Trinajstić information content (AvgIpc) is 0.722. The van der Waals surface area contributed by atoms with Crippen molar-refractivity contribution < 1.29 is 16.5 Å². The average molecular weight is 366 g/mol. The molecular weight excluding hydrogens is 365 g/mol. The Kier molecular flexibility index (Phi) is 9.72. The van der Waals surface area contributed by atoms with Crippen LogP contribution < -0.4 is 0 Å². The summed E-state index contributed by atoms with van der Waals surface area (Å²) < 4.78 is 0. The first-order valence-electron chi connectivity index (χ1n) is 1.07. The van der Waals surface area contributed by atoms with Gasteiger partial charge in [0.2, 0.25) is 0 Å². The molecule has 0 radical (unpaired) electrons. The van der Waals surface area contributed by atoms with E-state index in [-0.39, 0.29) is 29.6 Å². The van der Waals surface area contributed by atoms with Crippen LogP contribution in [-0.4, -0.2) is 29.6 Å². The van der Waals surface area contributed by atoms with Crippen molar-refractivity contribution in [1.82, 2.24) is 0 Å². The van der Waals surface area contributed by atoms with Crippen molar-refractivity contribution >= 4 is 62.6 Å². The summed E-state index contributed by atoms with van der Waals surface area (Å²) in [5, 5.41) is 0. The molecule has 0 aromatic heterocycles. The van der Waals surface area contributed by atoms with Crippen molar-refractivity contribution in [2.75, 3.05) is 0 Å². The van der Waals surface area contributed by atoms with Gasteiger partial charge in [-0.15, -0.1) is 0 Å². The predicted octanol–water partition coefficient (Wildman–Crippen LogP) is 2.11. The van der Waals surface area contributed by atoms with Crippen LogP contribution in [0.15, 0.2) is 0 Å². The van der Waals surface area contributed by atoms with E-state index in [1.807, 2.05) is 0 Å². The molecule has 0 unspecified atom stereocenters. The van der Waals surface area contributed by atoms with Gasteiger partial charge in [-0.3, -0.25) is 0 Å². The van der Waals surface area contributed by atoms with Gasteiger partial charge in [0, 0.05) is 0 Å². The zero-order valence-electron chi connectivity index (χ0n) is 2.22. The van der Waals surface area contributed by atoms with Crippen LogP contribution in [0.1, 0.15) is 0 Å². The molecule has 0 rings (SSSR count). The van der Waals surface area contributed by atoms with Gasteiger partial charge in [-0.25, -0.2) is 0 Å². The summed E-state index contributed by atoms with van der Waals surface area (Å²) in [6.45, 7) is 0. The van der Waals surface area contributed by atoms with Gasteiger partial charge in [-0.2, -0.15) is 0 Å². The van der Waals surface area contributed by atoms with E-state index in [9.17, 15) is 0 Å². The molecule has 6 heavy (non-hydrogen) atoms. The van der Waals surface area contributed by atoms with Crippen molar-refractivity contribution in [1.29, 1.82) is 0 Å². The van der Waals surface area contributed by atoms with Gasteiger partial charge in [0.25, 0.3) is 0 Å². The van der Waals surface area contributed by atoms with Crippen molar-refractivity contribution in [3.8, 4) is 0 Å². The molecule has 32 valence electrons. The molecule has 6 heteroatoms. The summed E-state index contributed by atoms with van der Waals surface area (Å²) in [6, 6.07) is 0. The van der Waals surface area contributed by atoms with Crippen LogP contribution in [0.2, 0.25) is 0 Å². The van der Waals surface area contributed by atoms with Crippen molar-refractivity contribution in [2.24, 2.45) is 0 Å². The first-order valence-corrected chi connectivity index (χ1v) is 28.1. The quantitative estimate of drug-likeness (QED) is 0.576. The number of rotatable bonds is 0. The molecular formula is HCl4HgNa. The Morgan fingerprint density at radius 2 is 0.833 bits per heavy atom. The van der Waals surface area contributed by atoms with Crippen LogP contribution in [0.5, 0.6) is 0 Å². The molecule has 0 saturated carbocycles. The van der Waals surface area contributed by atoms with E-state index in [4.69, 9.17) is 33.0 Å². The van der Waals surface area contributed by atoms with E-state index in [1.54, 1.807) is 0 Å². The topological polar surface area (TPSA) is 0 Å². The van der Waals surface area contributed by atoms with Crippen LogP contribution in [0.4, 0.5) is 0 Å². The molecule has 0 fully saturated rings. The Balaban J connectivity index is 0. The van der Waals surface area contributed by atoms with Gasteiger partial charge in [0.1, 0.15) is 0 Å². The standard InChI is InChI=1S/4ClH.Hg.Na.H/h4*1H;;;/q;;;;+4;;/p-4. The summed E-state index contributed by atoms with van der Waals surface area (Å²) in [5.74, 6) is 0. The van der Waals surface area contributed by atoms with E-state index < -0.39 is 16.5 Å². The fourth-order valence-electron chi connectivity index (χ4n) is 0. The van der Waals surface area contributed by atoms with Crippen molar-refractivity contribution in [2.45, 2.75) is 0 Å². The molecule has 0 aromatic rings. The maximum absolute atomic E-state index is 5.06. The van der Waals surface area contributed by atoms with Crippen LogP contribution in [-0.2, 0) is 16.5 Å². The molecule has 0 spiro atoms. The molecule has 0 aliphatic rings. The van der Waals surface area contributed by atoms with Gasteiger partial charge in [0.15, 0.2) is 0 Å². The van der Waals surface area contributed by atoms with Crippen LogP contribution in [0.3, 0.4) is 0 Å². The Morgan fingerprint density at radius 1 is 0.833 bits per heavy atom. The number of halogens is 4. The van der Waals surface area contributed by atoms with Gasteiger partial charge in [-0.1, -0.05) is 0 Å². The first kappa shape index (κ1) is 11.8. The summed E-state index contributed by atoms with van der Waals surface area (Å²) in [6.07, 6.45) is 0. The summed E-state index contributed by atoms with van der Waals surface area (Å²) >= 11 is -3.50. The minimum atomic E-state index is -3.50. The summed E-state index contributed by atoms with van der Waals surface area (Å²) in [5.41, 5.74) is 0. The Morgan fingerprint density at radius 3 is 0.833 bits per heavy atom. The molecule has 0 atom stereocenters. The van der Waals surface area contributed by atoms with E-state index in [0.29, 0.717) is 0 Å². The molecule has 0 aromatic carbocycles. The van der Waals surface area contributed by atoms with Crippen molar-refractivity contribution in [3.63, 3.8) is 0 Å². The molecule has 0 aliphatic carbocycles. The van der Waals surface area contributed by atoms with E-state index in [2.05, 4.69) is 0 Å². The fraction of sp³-hybridized carbons (Fsp3) is 0. The van der Waals surface area contributed by atoms with E-state index in [0.717, 1.165) is 0 Å². The third-order valence-corrected chi connectivity index (χ3v) is 0. The number of hydrogen-bond donors (Lipinski definition) is 0. The zero-order valence-corrected chi connectivity index (χ0v) is 10.7. The minimum absolute atomic E-state index is 0. The van der Waals surface area contributed by atoms with Crippen LogP contribution in [0, 0.1) is 0 Å². The first-order chi connectivity index (χ1) is 2.00. The summed E-state index contributed by atoms with van der Waals surface area (Å²) in [7, 11) is 20.2. The molecule has 0 N–H and O–H groups in total. The van der Waals surface area contributed by atoms with Crippen LogP contribution >= 0.6 is 33.0 Å². The van der Waals surface area contributed by atoms with Gasteiger partial charge >= 0.3 is 79.1 Å². The predicted molar refractivity (Wildman–Crippen MR) is 30.6 cm³/mol. The molecule has 0 bridgehead atoms. The molecule has 0 saturated heterocycles. The maximum atomic E-state index is 5.06. The SMILES string of the molecule is [Cl][Hg]([Cl])([Cl])[Cl].[NaH]. The fourth-order valence-corrected chi connectivity index (χ4v) is 0. The Hall–Kier alpha value is 3.10. The van der Waals surface area contributed by atoms with Gasteiger partial charge in [0.05, 0.1) is 0 Å². The van der Waals surface area contributed by atoms with E-state index >= 15 is 0 Å². The van der Waals surface area contributed by atoms with Gasteiger partial charge < -0.3 is 0 Å². The Bertz CT molecular complexity index is 23.0. The van der Waals surface area contributed by atoms with E-state index in [1.165, 1.54) is 0 Å². The number of hydrogen-bond acceptors (Lipinski definition) is 0. The van der Waals surface area contributed by atoms with Gasteiger partial charge in [-0.05, 0) is 0 Å². The zero-order chi connectivity index (χ0) is 4.50. The summed E-state index contributed by atoms with van der Waals surface area (Å²) in [4.78, 5) is 0. The normalized spacial score (nSPS) is 7.33. The molecule has 0 aliphatic heterocycles. The second kappa shape index (κ2) is 4.93. The Labute approximate surface area is 77.3 Å². The van der Waals surface area contributed by atoms with Crippen LogP contribution in [0.25, 0.3) is 0 Å². The second-order valence-corrected chi connectivity index (χ2v) is 47.9. The third kappa shape index (κ3) is 27.5. The second-order valence-electron chi connectivity index (χ2n) is 0.606. The van der Waals surface area contributed by atoms with Crippen molar-refractivity contribution in [3.05, 3.63) is 0 Å².